The molecule has 1 unspecified atom stereocenters. The fourth-order valence-electron chi connectivity index (χ4n) is 2.64. The molecule has 102 valence electrons. The van der Waals surface area contributed by atoms with Crippen molar-refractivity contribution in [3.8, 4) is 0 Å². The topological polar surface area (TPSA) is 30.2 Å². The Hall–Kier alpha value is -1.80. The van der Waals surface area contributed by atoms with Crippen molar-refractivity contribution in [1.82, 2.24) is 0 Å². The number of allylic oxidation sites excluding steroid dienone is 1. The highest BCUT2D eigenvalue weighted by Crippen LogP contribution is 2.34. The molecule has 1 fully saturated rings. The number of Topliss-reactive ketones (excluding diaryl/α,β-unsaturated/α-hetero) is 1. The monoisotopic (exact) mass is 286 g/mol. The van der Waals surface area contributed by atoms with Gasteiger partial charge < -0.3 is 4.42 Å². The Bertz CT molecular complexity index is 626. The summed E-state index contributed by atoms with van der Waals surface area (Å²) in [5.41, 5.74) is 2.67. The maximum absolute atomic E-state index is 12.4. The normalized spacial score (nSPS) is 21.9. The largest absolute Gasteiger partial charge is 0.464 e. The molecule has 1 aliphatic rings. The summed E-state index contributed by atoms with van der Waals surface area (Å²) in [6.07, 6.45) is 4.08. The highest BCUT2D eigenvalue weighted by molar-refractivity contribution is 6.35. The van der Waals surface area contributed by atoms with Crippen LogP contribution in [0.5, 0.6) is 0 Å². The molecule has 2 nitrogen and oxygen atoms in total. The van der Waals surface area contributed by atoms with Crippen LogP contribution in [0.3, 0.4) is 0 Å². The summed E-state index contributed by atoms with van der Waals surface area (Å²) in [5, 5.41) is -0.410. The fourth-order valence-corrected chi connectivity index (χ4v) is 2.93. The van der Waals surface area contributed by atoms with Crippen molar-refractivity contribution in [1.29, 1.82) is 0 Å². The molecule has 0 saturated heterocycles. The van der Waals surface area contributed by atoms with Crippen molar-refractivity contribution in [2.45, 2.75) is 24.6 Å². The number of carbonyl (C=O) groups is 1. The zero-order valence-electron chi connectivity index (χ0n) is 11.0. The number of carbonyl (C=O) groups excluding carboxylic acids is 1. The van der Waals surface area contributed by atoms with Crippen molar-refractivity contribution < 1.29 is 9.21 Å². The maximum atomic E-state index is 12.4. The first-order valence-corrected chi connectivity index (χ1v) is 7.22. The number of rotatable bonds is 2. The highest BCUT2D eigenvalue weighted by atomic mass is 35.5. The minimum Gasteiger partial charge on any atom is -0.464 e. The Morgan fingerprint density at radius 3 is 2.65 bits per heavy atom. The summed E-state index contributed by atoms with van der Waals surface area (Å²) in [6.45, 7) is 0. The third kappa shape index (κ3) is 2.44. The quantitative estimate of drug-likeness (QED) is 0.603. The van der Waals surface area contributed by atoms with E-state index in [9.17, 15) is 4.79 Å². The second kappa shape index (κ2) is 5.68. The van der Waals surface area contributed by atoms with Crippen molar-refractivity contribution in [2.75, 3.05) is 0 Å². The number of hydrogen-bond acceptors (Lipinski definition) is 2. The van der Waals surface area contributed by atoms with Gasteiger partial charge in [0.1, 0.15) is 5.76 Å². The van der Waals surface area contributed by atoms with Crippen molar-refractivity contribution in [3.05, 3.63) is 65.6 Å². The zero-order chi connectivity index (χ0) is 13.9. The Morgan fingerprint density at radius 1 is 1.15 bits per heavy atom. The van der Waals surface area contributed by atoms with Crippen LogP contribution in [-0.4, -0.2) is 11.2 Å². The van der Waals surface area contributed by atoms with Gasteiger partial charge in [0.05, 0.1) is 11.6 Å². The molecule has 0 bridgehead atoms. The average Bonchev–Trinajstić information content (AvgIpc) is 2.99. The van der Waals surface area contributed by atoms with Crippen LogP contribution in [-0.2, 0) is 4.79 Å². The first-order chi connectivity index (χ1) is 9.77. The van der Waals surface area contributed by atoms with E-state index < -0.39 is 5.38 Å². The molecule has 0 spiro atoms. The van der Waals surface area contributed by atoms with E-state index in [2.05, 4.69) is 0 Å². The van der Waals surface area contributed by atoms with E-state index in [1.165, 1.54) is 0 Å². The molecule has 3 heteroatoms. The molecule has 0 radical (unpaired) electrons. The van der Waals surface area contributed by atoms with E-state index in [4.69, 9.17) is 16.0 Å². The van der Waals surface area contributed by atoms with Gasteiger partial charge in [-0.1, -0.05) is 30.3 Å². The first-order valence-electron chi connectivity index (χ1n) is 6.78. The minimum absolute atomic E-state index is 0.0353. The lowest BCUT2D eigenvalue weighted by atomic mass is 9.86. The fraction of sp³-hybridized carbons (Fsp3) is 0.235. The van der Waals surface area contributed by atoms with Crippen molar-refractivity contribution in [3.63, 3.8) is 0 Å². The predicted molar refractivity (Wildman–Crippen MR) is 79.7 cm³/mol. The number of hydrogen-bond donors (Lipinski definition) is 0. The van der Waals surface area contributed by atoms with E-state index in [-0.39, 0.29) is 5.78 Å². The van der Waals surface area contributed by atoms with E-state index >= 15 is 0 Å². The van der Waals surface area contributed by atoms with Crippen LogP contribution in [0.2, 0.25) is 0 Å². The number of alkyl halides is 1. The number of halogens is 1. The van der Waals surface area contributed by atoms with E-state index in [0.717, 1.165) is 41.7 Å². The third-order valence-electron chi connectivity index (χ3n) is 3.60. The molecule has 1 saturated carbocycles. The lowest BCUT2D eigenvalue weighted by molar-refractivity contribution is -0.116. The van der Waals surface area contributed by atoms with Gasteiger partial charge in [-0.3, -0.25) is 4.79 Å². The SMILES string of the molecule is O=C1C(=C(c2ccccc2)c2ccco2)CCCC1Cl. The zero-order valence-corrected chi connectivity index (χ0v) is 11.8. The Kier molecular flexibility index (Phi) is 3.75. The molecule has 1 atom stereocenters. The van der Waals surface area contributed by atoms with E-state index in [0.29, 0.717) is 0 Å². The molecule has 0 aliphatic heterocycles. The summed E-state index contributed by atoms with van der Waals surface area (Å²) >= 11 is 6.14. The van der Waals surface area contributed by atoms with Crippen LogP contribution < -0.4 is 0 Å². The predicted octanol–water partition coefficient (Wildman–Crippen LogP) is 4.44. The molecular formula is C17H15ClO2. The third-order valence-corrected chi connectivity index (χ3v) is 4.01. The summed E-state index contributed by atoms with van der Waals surface area (Å²) in [6, 6.07) is 13.6. The lowest BCUT2D eigenvalue weighted by Gasteiger charge is -2.21. The van der Waals surface area contributed by atoms with E-state index in [1.54, 1.807) is 6.26 Å². The molecule has 2 aromatic rings. The van der Waals surface area contributed by atoms with E-state index in [1.807, 2.05) is 42.5 Å². The van der Waals surface area contributed by atoms with Gasteiger partial charge in [-0.15, -0.1) is 11.6 Å². The van der Waals surface area contributed by atoms with Crippen LogP contribution in [0, 0.1) is 0 Å². The Labute approximate surface area is 123 Å². The van der Waals surface area contributed by atoms with Crippen LogP contribution in [0.15, 0.2) is 58.7 Å². The molecule has 1 aromatic carbocycles. The van der Waals surface area contributed by atoms with Crippen LogP contribution in [0.1, 0.15) is 30.6 Å². The maximum Gasteiger partial charge on any atom is 0.177 e. The van der Waals surface area contributed by atoms with Gasteiger partial charge in [0.25, 0.3) is 0 Å². The number of furan rings is 1. The average molecular weight is 287 g/mol. The molecule has 1 heterocycles. The summed E-state index contributed by atoms with van der Waals surface area (Å²) in [4.78, 5) is 12.4. The molecule has 1 aliphatic carbocycles. The molecule has 1 aromatic heterocycles. The number of benzene rings is 1. The minimum atomic E-state index is -0.410. The van der Waals surface area contributed by atoms with Crippen LogP contribution in [0.4, 0.5) is 0 Å². The number of ketones is 1. The lowest BCUT2D eigenvalue weighted by Crippen LogP contribution is -2.23. The van der Waals surface area contributed by atoms with Gasteiger partial charge in [-0.2, -0.15) is 0 Å². The summed E-state index contributed by atoms with van der Waals surface area (Å²) < 4.78 is 5.53. The van der Waals surface area contributed by atoms with Gasteiger partial charge >= 0.3 is 0 Å². The summed E-state index contributed by atoms with van der Waals surface area (Å²) in [5.74, 6) is 0.762. The summed E-state index contributed by atoms with van der Waals surface area (Å²) in [7, 11) is 0. The first kappa shape index (κ1) is 13.2. The second-order valence-corrected chi connectivity index (χ2v) is 5.45. The van der Waals surface area contributed by atoms with Gasteiger partial charge in [0, 0.05) is 11.1 Å². The van der Waals surface area contributed by atoms with Gasteiger partial charge in [0.2, 0.25) is 0 Å². The Morgan fingerprint density at radius 2 is 1.95 bits per heavy atom. The van der Waals surface area contributed by atoms with Crippen LogP contribution in [0.25, 0.3) is 5.57 Å². The Balaban J connectivity index is 2.18. The van der Waals surface area contributed by atoms with Crippen molar-refractivity contribution >= 4 is 23.0 Å². The second-order valence-electron chi connectivity index (χ2n) is 4.92. The van der Waals surface area contributed by atoms with Gasteiger partial charge in [0.15, 0.2) is 5.78 Å². The van der Waals surface area contributed by atoms with Gasteiger partial charge in [-0.25, -0.2) is 0 Å². The smallest absolute Gasteiger partial charge is 0.177 e. The van der Waals surface area contributed by atoms with Crippen molar-refractivity contribution in [2.24, 2.45) is 0 Å². The standard InChI is InChI=1S/C17H15ClO2/c18-14-9-4-8-13(17(14)19)16(15-10-5-11-20-15)12-6-2-1-3-7-12/h1-3,5-7,10-11,14H,4,8-9H2. The molecule has 3 rings (SSSR count). The molecule has 20 heavy (non-hydrogen) atoms. The molecule has 0 amide bonds. The molecular weight excluding hydrogens is 272 g/mol. The van der Waals surface area contributed by atoms with Gasteiger partial charge in [-0.05, 0) is 37.0 Å². The highest BCUT2D eigenvalue weighted by Gasteiger charge is 2.28. The van der Waals surface area contributed by atoms with Crippen LogP contribution >= 0.6 is 11.6 Å². The molecule has 0 N–H and O–H groups in total.